The summed E-state index contributed by atoms with van der Waals surface area (Å²) < 4.78 is 36.5. The minimum atomic E-state index is -5.31. The summed E-state index contributed by atoms with van der Waals surface area (Å²) in [7, 11) is 0. The average molecular weight is 190 g/mol. The van der Waals surface area contributed by atoms with Crippen molar-refractivity contribution in [2.45, 2.75) is 0 Å². The lowest BCUT2D eigenvalue weighted by Gasteiger charge is -2.13. The molecule has 13 heavy (non-hydrogen) atoms. The van der Waals surface area contributed by atoms with Crippen LogP contribution >= 0.6 is 0 Å². The first kappa shape index (κ1) is 9.56. The van der Waals surface area contributed by atoms with Crippen LogP contribution in [0.5, 0.6) is 0 Å². The van der Waals surface area contributed by atoms with Crippen molar-refractivity contribution in [3.05, 3.63) is 34.4 Å². The fraction of sp³-hybridized carbons (Fsp3) is 0. The number of nitrogens with zero attached hydrogens (tertiary/aromatic N) is 1. The molecule has 0 bridgehead atoms. The third-order valence-electron chi connectivity index (χ3n) is 1.49. The molecular weight excluding hydrogens is 186 g/mol. The first-order valence-electron chi connectivity index (χ1n) is 3.36. The molecule has 0 aliphatic heterocycles. The van der Waals surface area contributed by atoms with Crippen LogP contribution < -0.4 is 5.46 Å². The molecular formula is C6H4BF3NO2-. The van der Waals surface area contributed by atoms with E-state index in [-0.39, 0.29) is 0 Å². The highest BCUT2D eigenvalue weighted by molar-refractivity contribution is 6.74. The summed E-state index contributed by atoms with van der Waals surface area (Å²) in [6, 6.07) is 3.86. The summed E-state index contributed by atoms with van der Waals surface area (Å²) in [4.78, 5) is 9.15. The van der Waals surface area contributed by atoms with Crippen LogP contribution in [-0.2, 0) is 0 Å². The first-order valence-corrected chi connectivity index (χ1v) is 3.36. The van der Waals surface area contributed by atoms with Crippen LogP contribution in [-0.4, -0.2) is 11.9 Å². The summed E-state index contributed by atoms with van der Waals surface area (Å²) in [5.74, 6) is 0. The predicted molar refractivity (Wildman–Crippen MR) is 41.8 cm³/mol. The van der Waals surface area contributed by atoms with Crippen LogP contribution in [0.4, 0.5) is 18.6 Å². The minimum Gasteiger partial charge on any atom is -0.445 e. The lowest BCUT2D eigenvalue weighted by Crippen LogP contribution is -2.35. The van der Waals surface area contributed by atoms with E-state index in [0.717, 1.165) is 12.1 Å². The van der Waals surface area contributed by atoms with Crippen molar-refractivity contribution in [2.75, 3.05) is 0 Å². The van der Waals surface area contributed by atoms with Crippen LogP contribution in [0.1, 0.15) is 0 Å². The van der Waals surface area contributed by atoms with E-state index in [1.165, 1.54) is 6.07 Å². The number of hydrogen-bond acceptors (Lipinski definition) is 2. The van der Waals surface area contributed by atoms with Gasteiger partial charge in [0.05, 0.1) is 4.92 Å². The molecule has 1 aromatic carbocycles. The monoisotopic (exact) mass is 190 g/mol. The molecule has 0 spiro atoms. The van der Waals surface area contributed by atoms with Crippen LogP contribution in [0.2, 0.25) is 0 Å². The van der Waals surface area contributed by atoms with Gasteiger partial charge >= 0.3 is 6.98 Å². The van der Waals surface area contributed by atoms with Gasteiger partial charge in [-0.05, 0) is 5.46 Å². The molecule has 0 N–H and O–H groups in total. The SMILES string of the molecule is O=[N+]([O-])c1ccccc1[B-](F)(F)F. The van der Waals surface area contributed by atoms with Crippen molar-refractivity contribution < 1.29 is 17.9 Å². The van der Waals surface area contributed by atoms with E-state index in [2.05, 4.69) is 0 Å². The zero-order valence-electron chi connectivity index (χ0n) is 6.28. The Morgan fingerprint density at radius 1 is 1.23 bits per heavy atom. The van der Waals surface area contributed by atoms with Crippen LogP contribution in [0.15, 0.2) is 24.3 Å². The molecule has 70 valence electrons. The molecule has 0 aliphatic carbocycles. The van der Waals surface area contributed by atoms with Crippen molar-refractivity contribution in [2.24, 2.45) is 0 Å². The lowest BCUT2D eigenvalue weighted by molar-refractivity contribution is -0.383. The molecule has 0 aliphatic rings. The second-order valence-corrected chi connectivity index (χ2v) is 2.39. The maximum Gasteiger partial charge on any atom is 0.516 e. The number of para-hydroxylation sites is 1. The maximum absolute atomic E-state index is 12.2. The van der Waals surface area contributed by atoms with Gasteiger partial charge in [0.25, 0.3) is 0 Å². The largest absolute Gasteiger partial charge is 0.516 e. The zero-order valence-corrected chi connectivity index (χ0v) is 6.28. The van der Waals surface area contributed by atoms with Crippen LogP contribution in [0, 0.1) is 10.1 Å². The van der Waals surface area contributed by atoms with Gasteiger partial charge in [0, 0.05) is 6.07 Å². The highest BCUT2D eigenvalue weighted by Gasteiger charge is 2.32. The summed E-state index contributed by atoms with van der Waals surface area (Å²) in [6.45, 7) is -5.31. The lowest BCUT2D eigenvalue weighted by atomic mass is 9.79. The van der Waals surface area contributed by atoms with Gasteiger partial charge < -0.3 is 12.9 Å². The molecule has 0 radical (unpaired) electrons. The van der Waals surface area contributed by atoms with Gasteiger partial charge in [0.15, 0.2) is 0 Å². The van der Waals surface area contributed by atoms with E-state index in [4.69, 9.17) is 0 Å². The quantitative estimate of drug-likeness (QED) is 0.404. The fourth-order valence-corrected chi connectivity index (χ4v) is 0.931. The van der Waals surface area contributed by atoms with Crippen molar-refractivity contribution in [3.8, 4) is 0 Å². The van der Waals surface area contributed by atoms with E-state index in [9.17, 15) is 23.1 Å². The molecule has 1 rings (SSSR count). The Kier molecular flexibility index (Phi) is 2.27. The third kappa shape index (κ3) is 1.98. The molecule has 0 heterocycles. The average Bonchev–Trinajstić information content (AvgIpc) is 2.03. The topological polar surface area (TPSA) is 43.1 Å². The number of hydrogen-bond donors (Lipinski definition) is 0. The standard InChI is InChI=1S/C6H4BF3NO2/c8-7(9,10)5-3-1-2-4-6(5)11(12)13/h1-4H/q-1. The third-order valence-corrected chi connectivity index (χ3v) is 1.49. The molecule has 3 nitrogen and oxygen atoms in total. The summed E-state index contributed by atoms with van der Waals surface area (Å²) in [6.07, 6.45) is 0. The summed E-state index contributed by atoms with van der Waals surface area (Å²) in [5, 5.41) is 10.2. The number of rotatable bonds is 2. The zero-order chi connectivity index (χ0) is 10.1. The maximum atomic E-state index is 12.2. The predicted octanol–water partition coefficient (Wildman–Crippen LogP) is 1.65. The van der Waals surface area contributed by atoms with Crippen LogP contribution in [0.25, 0.3) is 0 Å². The highest BCUT2D eigenvalue weighted by atomic mass is 19.4. The van der Waals surface area contributed by atoms with Gasteiger partial charge in [0.1, 0.15) is 0 Å². The highest BCUT2D eigenvalue weighted by Crippen LogP contribution is 2.16. The number of nitro groups is 1. The molecule has 1 aromatic rings. The molecule has 0 aromatic heterocycles. The molecule has 0 saturated heterocycles. The second kappa shape index (κ2) is 3.08. The molecule has 0 amide bonds. The van der Waals surface area contributed by atoms with Crippen molar-refractivity contribution in [3.63, 3.8) is 0 Å². The molecule has 0 fully saturated rings. The Bertz CT molecular complexity index is 339. The number of benzene rings is 1. The molecule has 0 saturated carbocycles. The smallest absolute Gasteiger partial charge is 0.445 e. The van der Waals surface area contributed by atoms with Crippen molar-refractivity contribution >= 4 is 18.1 Å². The van der Waals surface area contributed by atoms with Gasteiger partial charge in [-0.25, -0.2) is 0 Å². The summed E-state index contributed by atoms with van der Waals surface area (Å²) in [5.41, 5.74) is -2.05. The van der Waals surface area contributed by atoms with E-state index in [1.54, 1.807) is 0 Å². The van der Waals surface area contributed by atoms with Crippen LogP contribution in [0.3, 0.4) is 0 Å². The number of nitro benzene ring substituents is 1. The number of halogens is 3. The van der Waals surface area contributed by atoms with Gasteiger partial charge in [-0.15, -0.1) is 0 Å². The van der Waals surface area contributed by atoms with E-state index >= 15 is 0 Å². The molecule has 0 unspecified atom stereocenters. The first-order chi connectivity index (χ1) is 5.93. The normalized spacial score (nSPS) is 11.3. The van der Waals surface area contributed by atoms with Gasteiger partial charge in [-0.2, -0.15) is 0 Å². The Morgan fingerprint density at radius 2 is 1.77 bits per heavy atom. The van der Waals surface area contributed by atoms with E-state index in [1.807, 2.05) is 0 Å². The van der Waals surface area contributed by atoms with Gasteiger partial charge in [0.2, 0.25) is 5.69 Å². The molecule has 0 atom stereocenters. The van der Waals surface area contributed by atoms with E-state index in [0.29, 0.717) is 6.07 Å². The Labute approximate surface area is 71.4 Å². The second-order valence-electron chi connectivity index (χ2n) is 2.39. The summed E-state index contributed by atoms with van der Waals surface area (Å²) >= 11 is 0. The van der Waals surface area contributed by atoms with Crippen molar-refractivity contribution in [1.82, 2.24) is 0 Å². The van der Waals surface area contributed by atoms with Gasteiger partial charge in [-0.1, -0.05) is 18.2 Å². The Hall–Kier alpha value is -1.53. The fourth-order valence-electron chi connectivity index (χ4n) is 0.931. The van der Waals surface area contributed by atoms with Gasteiger partial charge in [-0.3, -0.25) is 10.1 Å². The molecule has 7 heteroatoms. The minimum absolute atomic E-state index is 0.706. The Balaban J connectivity index is 3.28. The van der Waals surface area contributed by atoms with E-state index < -0.39 is 23.1 Å². The van der Waals surface area contributed by atoms with Crippen molar-refractivity contribution in [1.29, 1.82) is 0 Å². The Morgan fingerprint density at radius 3 is 2.15 bits per heavy atom.